The lowest BCUT2D eigenvalue weighted by Gasteiger charge is -2.40. The van der Waals surface area contributed by atoms with Crippen molar-refractivity contribution in [1.29, 1.82) is 0 Å². The van der Waals surface area contributed by atoms with Crippen LogP contribution in [0.3, 0.4) is 0 Å². The first-order valence-corrected chi connectivity index (χ1v) is 6.33. The maximum atomic E-state index is 11.2. The van der Waals surface area contributed by atoms with E-state index in [2.05, 4.69) is 31.8 Å². The smallest absolute Gasteiger partial charge is 0.229 e. The molecule has 0 aliphatic carbocycles. The molecule has 1 atom stereocenters. The number of amides is 1. The molecule has 4 heteroatoms. The normalized spacial score (nSPS) is 24.9. The molecule has 1 aliphatic rings. The van der Waals surface area contributed by atoms with Crippen LogP contribution in [0.4, 0.5) is 0 Å². The van der Waals surface area contributed by atoms with Crippen molar-refractivity contribution in [2.24, 2.45) is 0 Å². The van der Waals surface area contributed by atoms with Crippen LogP contribution in [0.25, 0.3) is 0 Å². The van der Waals surface area contributed by atoms with Crippen molar-refractivity contribution in [3.05, 3.63) is 0 Å². The molecule has 1 amide bonds. The Balaban J connectivity index is 2.51. The molecule has 3 nitrogen and oxygen atoms in total. The van der Waals surface area contributed by atoms with E-state index in [1.807, 2.05) is 0 Å². The topological polar surface area (TPSA) is 38.3 Å². The number of hydrogen-bond donors (Lipinski definition) is 2. The second-order valence-corrected chi connectivity index (χ2v) is 4.47. The first-order valence-electron chi connectivity index (χ1n) is 5.70. The average Bonchev–Trinajstić information content (AvgIpc) is 2.29. The molecule has 1 aliphatic heterocycles. The van der Waals surface area contributed by atoms with Crippen molar-refractivity contribution in [3.63, 3.8) is 0 Å². The standard InChI is InChI=1S/C11H21NO2S/c1-3-11(4-2)7-9(5-6-14-11)12-10(13)8-15/h9,15H,3-8H2,1-2H3,(H,12,13). The molecule has 1 unspecified atom stereocenters. The van der Waals surface area contributed by atoms with Crippen LogP contribution in [0.1, 0.15) is 39.5 Å². The van der Waals surface area contributed by atoms with Gasteiger partial charge in [0.1, 0.15) is 0 Å². The predicted molar refractivity (Wildman–Crippen MR) is 64.3 cm³/mol. The number of carbonyl (C=O) groups excluding carboxylic acids is 1. The van der Waals surface area contributed by atoms with Gasteiger partial charge >= 0.3 is 0 Å². The average molecular weight is 231 g/mol. The Kier molecular flexibility index (Phi) is 4.93. The van der Waals surface area contributed by atoms with Crippen molar-refractivity contribution in [3.8, 4) is 0 Å². The summed E-state index contributed by atoms with van der Waals surface area (Å²) in [6, 6.07) is 0.262. The molecular formula is C11H21NO2S. The fourth-order valence-electron chi connectivity index (χ4n) is 2.17. The van der Waals surface area contributed by atoms with E-state index in [1.54, 1.807) is 0 Å². The second kappa shape index (κ2) is 5.75. The minimum Gasteiger partial charge on any atom is -0.375 e. The van der Waals surface area contributed by atoms with Gasteiger partial charge in [0.2, 0.25) is 5.91 Å². The Hall–Kier alpha value is -0.220. The summed E-state index contributed by atoms with van der Waals surface area (Å²) in [5, 5.41) is 3.00. The Morgan fingerprint density at radius 3 is 2.73 bits per heavy atom. The van der Waals surface area contributed by atoms with Crippen LogP contribution in [0.2, 0.25) is 0 Å². The maximum absolute atomic E-state index is 11.2. The van der Waals surface area contributed by atoms with E-state index in [0.29, 0.717) is 0 Å². The number of ether oxygens (including phenoxy) is 1. The molecule has 1 N–H and O–H groups in total. The minimum absolute atomic E-state index is 0.0198. The highest BCUT2D eigenvalue weighted by atomic mass is 32.1. The monoisotopic (exact) mass is 231 g/mol. The third-order valence-corrected chi connectivity index (χ3v) is 3.58. The minimum atomic E-state index is -0.0210. The molecule has 0 aromatic rings. The number of nitrogens with one attached hydrogen (secondary N) is 1. The molecule has 15 heavy (non-hydrogen) atoms. The predicted octanol–water partition coefficient (Wildman–Crippen LogP) is 1.77. The van der Waals surface area contributed by atoms with Crippen molar-refractivity contribution in [2.45, 2.75) is 51.2 Å². The van der Waals surface area contributed by atoms with Gasteiger partial charge in [0.25, 0.3) is 0 Å². The molecule has 1 saturated heterocycles. The molecule has 0 radical (unpaired) electrons. The second-order valence-electron chi connectivity index (χ2n) is 4.15. The summed E-state index contributed by atoms with van der Waals surface area (Å²) in [5.41, 5.74) is -0.0210. The Labute approximate surface area is 97.4 Å². The van der Waals surface area contributed by atoms with E-state index in [0.717, 1.165) is 32.3 Å². The van der Waals surface area contributed by atoms with Gasteiger partial charge in [-0.05, 0) is 25.7 Å². The molecule has 0 spiro atoms. The quantitative estimate of drug-likeness (QED) is 0.724. The van der Waals surface area contributed by atoms with Crippen molar-refractivity contribution >= 4 is 18.5 Å². The van der Waals surface area contributed by atoms with Gasteiger partial charge in [-0.25, -0.2) is 0 Å². The zero-order valence-corrected chi connectivity index (χ0v) is 10.5. The molecule has 1 fully saturated rings. The fourth-order valence-corrected chi connectivity index (χ4v) is 2.26. The SMILES string of the molecule is CCC1(CC)CC(NC(=O)CS)CCO1. The number of thiol groups is 1. The Morgan fingerprint density at radius 1 is 1.53 bits per heavy atom. The third kappa shape index (κ3) is 3.38. The van der Waals surface area contributed by atoms with Gasteiger partial charge in [-0.1, -0.05) is 13.8 Å². The lowest BCUT2D eigenvalue weighted by Crippen LogP contribution is -2.48. The fraction of sp³-hybridized carbons (Fsp3) is 0.909. The van der Waals surface area contributed by atoms with Crippen LogP contribution < -0.4 is 5.32 Å². The van der Waals surface area contributed by atoms with E-state index >= 15 is 0 Å². The van der Waals surface area contributed by atoms with Gasteiger partial charge < -0.3 is 10.1 Å². The maximum Gasteiger partial charge on any atom is 0.229 e. The molecule has 1 rings (SSSR count). The molecule has 0 aromatic carbocycles. The summed E-state index contributed by atoms with van der Waals surface area (Å²) in [7, 11) is 0. The summed E-state index contributed by atoms with van der Waals surface area (Å²) in [6.45, 7) is 5.04. The summed E-state index contributed by atoms with van der Waals surface area (Å²) in [6.07, 6.45) is 3.87. The van der Waals surface area contributed by atoms with E-state index in [4.69, 9.17) is 4.74 Å². The largest absolute Gasteiger partial charge is 0.375 e. The molecule has 1 heterocycles. The number of rotatable bonds is 4. The zero-order chi connectivity index (χ0) is 11.3. The van der Waals surface area contributed by atoms with Gasteiger partial charge in [0.05, 0.1) is 11.4 Å². The van der Waals surface area contributed by atoms with Gasteiger partial charge in [-0.15, -0.1) is 0 Å². The van der Waals surface area contributed by atoms with Crippen LogP contribution in [0.15, 0.2) is 0 Å². The summed E-state index contributed by atoms with van der Waals surface area (Å²) >= 11 is 3.96. The van der Waals surface area contributed by atoms with Crippen molar-refractivity contribution in [2.75, 3.05) is 12.4 Å². The van der Waals surface area contributed by atoms with Crippen molar-refractivity contribution < 1.29 is 9.53 Å². The van der Waals surface area contributed by atoms with E-state index in [9.17, 15) is 4.79 Å². The van der Waals surface area contributed by atoms with Gasteiger partial charge in [0, 0.05) is 12.6 Å². The van der Waals surface area contributed by atoms with Crippen LogP contribution >= 0.6 is 12.6 Å². The summed E-state index contributed by atoms with van der Waals surface area (Å²) < 4.78 is 5.84. The highest BCUT2D eigenvalue weighted by Gasteiger charge is 2.34. The van der Waals surface area contributed by atoms with Gasteiger partial charge in [-0.2, -0.15) is 12.6 Å². The van der Waals surface area contributed by atoms with E-state index < -0.39 is 0 Å². The Bertz CT molecular complexity index is 217. The summed E-state index contributed by atoms with van der Waals surface area (Å²) in [5.74, 6) is 0.286. The van der Waals surface area contributed by atoms with E-state index in [1.165, 1.54) is 0 Å². The number of hydrogen-bond acceptors (Lipinski definition) is 3. The lowest BCUT2D eigenvalue weighted by atomic mass is 9.86. The molecule has 88 valence electrons. The zero-order valence-electron chi connectivity index (χ0n) is 9.58. The van der Waals surface area contributed by atoms with Crippen LogP contribution in [0, 0.1) is 0 Å². The Morgan fingerprint density at radius 2 is 2.20 bits per heavy atom. The van der Waals surface area contributed by atoms with Crippen LogP contribution in [-0.2, 0) is 9.53 Å². The molecule has 0 aromatic heterocycles. The first-order chi connectivity index (χ1) is 7.15. The van der Waals surface area contributed by atoms with E-state index in [-0.39, 0.29) is 23.3 Å². The molecular weight excluding hydrogens is 210 g/mol. The highest BCUT2D eigenvalue weighted by Crippen LogP contribution is 2.31. The van der Waals surface area contributed by atoms with Crippen LogP contribution in [0.5, 0.6) is 0 Å². The molecule has 0 bridgehead atoms. The third-order valence-electron chi connectivity index (χ3n) is 3.29. The van der Waals surface area contributed by atoms with Crippen molar-refractivity contribution in [1.82, 2.24) is 5.32 Å². The first kappa shape index (κ1) is 12.8. The van der Waals surface area contributed by atoms with Gasteiger partial charge in [-0.3, -0.25) is 4.79 Å². The summed E-state index contributed by atoms with van der Waals surface area (Å²) in [4.78, 5) is 11.2. The molecule has 0 saturated carbocycles. The van der Waals surface area contributed by atoms with Gasteiger partial charge in [0.15, 0.2) is 0 Å². The van der Waals surface area contributed by atoms with Crippen LogP contribution in [-0.4, -0.2) is 29.9 Å². The lowest BCUT2D eigenvalue weighted by molar-refractivity contribution is -0.123. The highest BCUT2D eigenvalue weighted by molar-refractivity contribution is 7.81. The number of carbonyl (C=O) groups is 1.